The highest BCUT2D eigenvalue weighted by Crippen LogP contribution is 2.37. The van der Waals surface area contributed by atoms with E-state index in [4.69, 9.17) is 9.47 Å². The Morgan fingerprint density at radius 1 is 1.17 bits per heavy atom. The van der Waals surface area contributed by atoms with Gasteiger partial charge in [0.1, 0.15) is 12.4 Å². The van der Waals surface area contributed by atoms with Crippen molar-refractivity contribution in [2.24, 2.45) is 0 Å². The fourth-order valence-corrected chi connectivity index (χ4v) is 3.56. The average molecular weight is 582 g/mol. The summed E-state index contributed by atoms with van der Waals surface area (Å²) in [6.45, 7) is 0.0647. The van der Waals surface area contributed by atoms with Gasteiger partial charge in [-0.25, -0.2) is 4.39 Å². The number of hydrogen-bond donors (Lipinski definition) is 1. The average Bonchev–Trinajstić information content (AvgIpc) is 2.74. The van der Waals surface area contributed by atoms with Crippen molar-refractivity contribution in [1.82, 2.24) is 0 Å². The van der Waals surface area contributed by atoms with Gasteiger partial charge in [-0.3, -0.25) is 4.79 Å². The normalized spacial score (nSPS) is 10.8. The number of amides is 1. The first-order chi connectivity index (χ1) is 14.5. The number of ether oxygens (including phenoxy) is 2. The Morgan fingerprint density at radius 2 is 1.90 bits per heavy atom. The minimum atomic E-state index is -0.328. The lowest BCUT2D eigenvalue weighted by Gasteiger charge is -2.14. The van der Waals surface area contributed by atoms with E-state index in [-0.39, 0.29) is 18.3 Å². The van der Waals surface area contributed by atoms with Gasteiger partial charge in [0.2, 0.25) is 5.91 Å². The molecule has 3 rings (SSSR count). The second-order valence-corrected chi connectivity index (χ2v) is 8.34. The molecular weight excluding hydrogens is 564 g/mol. The van der Waals surface area contributed by atoms with Gasteiger partial charge in [-0.05, 0) is 92.6 Å². The predicted molar refractivity (Wildman–Crippen MR) is 128 cm³/mol. The molecule has 3 aromatic rings. The molecule has 0 aliphatic carbocycles. The van der Waals surface area contributed by atoms with E-state index in [0.29, 0.717) is 21.5 Å². The number of carbonyl (C=O) groups is 1. The van der Waals surface area contributed by atoms with E-state index in [2.05, 4.69) is 43.8 Å². The molecule has 4 nitrogen and oxygen atoms in total. The summed E-state index contributed by atoms with van der Waals surface area (Å²) in [5.41, 5.74) is 1.91. The van der Waals surface area contributed by atoms with Gasteiger partial charge < -0.3 is 14.8 Å². The summed E-state index contributed by atoms with van der Waals surface area (Å²) in [5.74, 6) is 0.358. The zero-order valence-corrected chi connectivity index (χ0v) is 19.7. The van der Waals surface area contributed by atoms with Crippen LogP contribution in [-0.2, 0) is 11.4 Å². The quantitative estimate of drug-likeness (QED) is 0.258. The minimum Gasteiger partial charge on any atom is -0.493 e. The Morgan fingerprint density at radius 3 is 2.60 bits per heavy atom. The second-order valence-electron chi connectivity index (χ2n) is 6.24. The maximum atomic E-state index is 13.8. The zero-order valence-electron chi connectivity index (χ0n) is 16.0. The van der Waals surface area contributed by atoms with Gasteiger partial charge in [-0.1, -0.05) is 18.2 Å². The van der Waals surface area contributed by atoms with Gasteiger partial charge in [0.05, 0.1) is 11.6 Å². The molecule has 7 heteroatoms. The van der Waals surface area contributed by atoms with Crippen molar-refractivity contribution in [3.8, 4) is 11.5 Å². The molecule has 0 unspecified atom stereocenters. The van der Waals surface area contributed by atoms with Gasteiger partial charge in [0, 0.05) is 20.9 Å². The largest absolute Gasteiger partial charge is 0.493 e. The molecule has 0 radical (unpaired) electrons. The molecule has 0 saturated carbocycles. The van der Waals surface area contributed by atoms with Crippen molar-refractivity contribution >= 4 is 56.2 Å². The van der Waals surface area contributed by atoms with E-state index < -0.39 is 0 Å². The van der Waals surface area contributed by atoms with Crippen LogP contribution in [0, 0.1) is 9.39 Å². The molecule has 0 bridgehead atoms. The van der Waals surface area contributed by atoms with Crippen molar-refractivity contribution < 1.29 is 18.7 Å². The molecule has 0 heterocycles. The van der Waals surface area contributed by atoms with Crippen LogP contribution in [0.1, 0.15) is 11.1 Å². The summed E-state index contributed by atoms with van der Waals surface area (Å²) in [4.78, 5) is 12.2. The third kappa shape index (κ3) is 6.06. The number of methoxy groups -OCH3 is 1. The molecule has 0 fully saturated rings. The number of rotatable bonds is 7. The highest BCUT2D eigenvalue weighted by atomic mass is 127. The summed E-state index contributed by atoms with van der Waals surface area (Å²) in [6.07, 6.45) is 3.12. The molecule has 0 spiro atoms. The number of carbonyl (C=O) groups excluding carboxylic acids is 1. The Kier molecular flexibility index (Phi) is 7.87. The van der Waals surface area contributed by atoms with Crippen molar-refractivity contribution in [1.29, 1.82) is 0 Å². The third-order valence-electron chi connectivity index (χ3n) is 4.12. The third-order valence-corrected chi connectivity index (χ3v) is 5.43. The van der Waals surface area contributed by atoms with Crippen LogP contribution in [0.25, 0.3) is 6.08 Å². The fraction of sp³-hybridized carbons (Fsp3) is 0.0870. The number of nitrogens with one attached hydrogen (secondary N) is 1. The van der Waals surface area contributed by atoms with Gasteiger partial charge in [0.15, 0.2) is 11.5 Å². The molecule has 1 amide bonds. The van der Waals surface area contributed by atoms with Crippen LogP contribution in [-0.4, -0.2) is 13.0 Å². The number of benzene rings is 3. The summed E-state index contributed by atoms with van der Waals surface area (Å²) < 4.78 is 26.7. The van der Waals surface area contributed by atoms with E-state index >= 15 is 0 Å². The summed E-state index contributed by atoms with van der Waals surface area (Å²) in [7, 11) is 1.52. The Hall–Kier alpha value is -2.39. The molecule has 3 aromatic carbocycles. The Bertz CT molecular complexity index is 1070. The molecule has 0 saturated heterocycles. The molecule has 154 valence electrons. The first kappa shape index (κ1) is 22.3. The maximum absolute atomic E-state index is 13.8. The smallest absolute Gasteiger partial charge is 0.248 e. The number of halogens is 3. The molecule has 0 atom stereocenters. The lowest BCUT2D eigenvalue weighted by molar-refractivity contribution is -0.111. The first-order valence-corrected chi connectivity index (χ1v) is 10.8. The van der Waals surface area contributed by atoms with Crippen LogP contribution in [0.2, 0.25) is 0 Å². The molecular formula is C23H18BrFINO3. The Balaban J connectivity index is 1.71. The predicted octanol–water partition coefficient (Wildman–Crippen LogP) is 6.43. The van der Waals surface area contributed by atoms with E-state index in [1.54, 1.807) is 36.4 Å². The lowest BCUT2D eigenvalue weighted by Crippen LogP contribution is -2.07. The Labute approximate surface area is 196 Å². The molecule has 1 N–H and O–H groups in total. The van der Waals surface area contributed by atoms with Crippen LogP contribution >= 0.6 is 38.5 Å². The van der Waals surface area contributed by atoms with E-state index in [1.165, 1.54) is 19.3 Å². The van der Waals surface area contributed by atoms with Gasteiger partial charge in [0.25, 0.3) is 0 Å². The lowest BCUT2D eigenvalue weighted by atomic mass is 10.1. The monoisotopic (exact) mass is 581 g/mol. The van der Waals surface area contributed by atoms with Crippen LogP contribution in [0.5, 0.6) is 11.5 Å². The van der Waals surface area contributed by atoms with E-state index in [0.717, 1.165) is 14.8 Å². The van der Waals surface area contributed by atoms with Crippen LogP contribution in [0.15, 0.2) is 71.2 Å². The summed E-state index contributed by atoms with van der Waals surface area (Å²) in [5, 5.41) is 2.81. The summed E-state index contributed by atoms with van der Waals surface area (Å²) >= 11 is 5.67. The van der Waals surface area contributed by atoms with Crippen LogP contribution in [0.3, 0.4) is 0 Å². The number of hydrogen-bond acceptors (Lipinski definition) is 3. The molecule has 0 aromatic heterocycles. The van der Waals surface area contributed by atoms with Crippen molar-refractivity contribution in [2.45, 2.75) is 6.61 Å². The maximum Gasteiger partial charge on any atom is 0.248 e. The van der Waals surface area contributed by atoms with E-state index in [1.807, 2.05) is 24.3 Å². The topological polar surface area (TPSA) is 47.6 Å². The SMILES string of the molecule is COc1cc(/C=C/C(=O)Nc2ccc(I)cc2)cc(Br)c1OCc1ccccc1F. The highest BCUT2D eigenvalue weighted by molar-refractivity contribution is 14.1. The molecule has 0 aliphatic heterocycles. The molecule has 0 aliphatic rings. The fourth-order valence-electron chi connectivity index (χ4n) is 2.63. The standard InChI is InChI=1S/C23H18BrFINO3/c1-29-21-13-15(6-11-22(28)27-18-9-7-17(26)8-10-18)12-19(24)23(21)30-14-16-4-2-3-5-20(16)25/h2-13H,14H2,1H3,(H,27,28)/b11-6+. The van der Waals surface area contributed by atoms with Crippen LogP contribution in [0.4, 0.5) is 10.1 Å². The van der Waals surface area contributed by atoms with Crippen LogP contribution < -0.4 is 14.8 Å². The van der Waals surface area contributed by atoms with Gasteiger partial charge in [-0.15, -0.1) is 0 Å². The van der Waals surface area contributed by atoms with Crippen molar-refractivity contribution in [3.05, 3.63) is 91.7 Å². The van der Waals surface area contributed by atoms with Gasteiger partial charge in [-0.2, -0.15) is 0 Å². The highest BCUT2D eigenvalue weighted by Gasteiger charge is 2.12. The van der Waals surface area contributed by atoms with Gasteiger partial charge >= 0.3 is 0 Å². The first-order valence-electron chi connectivity index (χ1n) is 8.94. The van der Waals surface area contributed by atoms with E-state index in [9.17, 15) is 9.18 Å². The minimum absolute atomic E-state index is 0.0647. The zero-order chi connectivity index (χ0) is 21.5. The molecule has 30 heavy (non-hydrogen) atoms. The van der Waals surface area contributed by atoms with Crippen molar-refractivity contribution in [2.75, 3.05) is 12.4 Å². The number of anilines is 1. The van der Waals surface area contributed by atoms with Crippen molar-refractivity contribution in [3.63, 3.8) is 0 Å². The second kappa shape index (κ2) is 10.6. The summed E-state index contributed by atoms with van der Waals surface area (Å²) in [6, 6.07) is 17.5.